The van der Waals surface area contributed by atoms with Crippen molar-refractivity contribution in [1.29, 1.82) is 0 Å². The van der Waals surface area contributed by atoms with Gasteiger partial charge in [-0.2, -0.15) is 18.2 Å². The average molecular weight is 408 g/mol. The number of hydrogen-bond donors (Lipinski definition) is 1. The molecule has 12 heteroatoms. The molecule has 0 fully saturated rings. The number of nitrogens with one attached hydrogen (secondary N) is 1. The van der Waals surface area contributed by atoms with Gasteiger partial charge in [0.25, 0.3) is 11.7 Å². The molecule has 1 amide bonds. The van der Waals surface area contributed by atoms with Gasteiger partial charge in [0.05, 0.1) is 10.2 Å². The third-order valence-electron chi connectivity index (χ3n) is 3.62. The van der Waals surface area contributed by atoms with Gasteiger partial charge in [0.1, 0.15) is 5.75 Å². The van der Waals surface area contributed by atoms with Gasteiger partial charge in [-0.1, -0.05) is 11.3 Å². The maximum Gasteiger partial charge on any atom is 0.422 e. The Morgan fingerprint density at radius 1 is 1.29 bits per heavy atom. The van der Waals surface area contributed by atoms with Crippen molar-refractivity contribution >= 4 is 38.4 Å². The SMILES string of the molecule is Cc1ccnc2nc(C(=O)Nc3nc4ccc(OCC(F)(F)F)cc4s3)nn12. The van der Waals surface area contributed by atoms with Gasteiger partial charge in [0.2, 0.25) is 5.82 Å². The summed E-state index contributed by atoms with van der Waals surface area (Å²) in [5.41, 5.74) is 1.28. The molecular weight excluding hydrogens is 397 g/mol. The molecule has 0 aliphatic carbocycles. The number of carbonyl (C=O) groups is 1. The van der Waals surface area contributed by atoms with E-state index < -0.39 is 18.7 Å². The van der Waals surface area contributed by atoms with E-state index in [2.05, 4.69) is 25.4 Å². The molecule has 3 aromatic heterocycles. The van der Waals surface area contributed by atoms with Gasteiger partial charge in [-0.25, -0.2) is 14.5 Å². The van der Waals surface area contributed by atoms with Crippen LogP contribution in [0.4, 0.5) is 18.3 Å². The van der Waals surface area contributed by atoms with E-state index in [0.29, 0.717) is 16.0 Å². The summed E-state index contributed by atoms with van der Waals surface area (Å²) in [5.74, 6) is -0.288. The number of carbonyl (C=O) groups excluding carboxylic acids is 1. The van der Waals surface area contributed by atoms with E-state index in [0.717, 1.165) is 17.0 Å². The van der Waals surface area contributed by atoms with Crippen LogP contribution in [0.5, 0.6) is 5.75 Å². The van der Waals surface area contributed by atoms with E-state index in [1.807, 2.05) is 0 Å². The normalized spacial score (nSPS) is 11.9. The van der Waals surface area contributed by atoms with Gasteiger partial charge in [-0.15, -0.1) is 5.10 Å². The zero-order chi connectivity index (χ0) is 19.9. The molecule has 0 unspecified atom stereocenters. The minimum atomic E-state index is -4.42. The zero-order valence-corrected chi connectivity index (χ0v) is 15.0. The Labute approximate surface area is 159 Å². The first-order chi connectivity index (χ1) is 13.3. The van der Waals surface area contributed by atoms with Crippen molar-refractivity contribution in [2.45, 2.75) is 13.1 Å². The van der Waals surface area contributed by atoms with Crippen LogP contribution in [0.3, 0.4) is 0 Å². The number of thiazole rings is 1. The first-order valence-corrected chi connectivity index (χ1v) is 8.70. The highest BCUT2D eigenvalue weighted by atomic mass is 32.1. The van der Waals surface area contributed by atoms with Crippen molar-refractivity contribution in [3.63, 3.8) is 0 Å². The molecular formula is C16H11F3N6O2S. The summed E-state index contributed by atoms with van der Waals surface area (Å²) in [7, 11) is 0. The molecule has 4 aromatic rings. The largest absolute Gasteiger partial charge is 0.484 e. The van der Waals surface area contributed by atoms with Gasteiger partial charge in [0.15, 0.2) is 11.7 Å². The number of halogens is 3. The van der Waals surface area contributed by atoms with Crippen LogP contribution in [-0.2, 0) is 0 Å². The minimum Gasteiger partial charge on any atom is -0.484 e. The molecule has 0 aliphatic rings. The first kappa shape index (κ1) is 18.1. The molecule has 144 valence electrons. The lowest BCUT2D eigenvalue weighted by Gasteiger charge is -2.08. The summed E-state index contributed by atoms with van der Waals surface area (Å²) in [5, 5.41) is 6.95. The molecule has 0 spiro atoms. The van der Waals surface area contributed by atoms with Crippen LogP contribution in [0.2, 0.25) is 0 Å². The van der Waals surface area contributed by atoms with Crippen molar-refractivity contribution in [2.24, 2.45) is 0 Å². The fourth-order valence-electron chi connectivity index (χ4n) is 2.37. The second kappa shape index (κ2) is 6.71. The smallest absolute Gasteiger partial charge is 0.422 e. The second-order valence-electron chi connectivity index (χ2n) is 5.74. The van der Waals surface area contributed by atoms with E-state index in [4.69, 9.17) is 4.74 Å². The third kappa shape index (κ3) is 3.71. The summed E-state index contributed by atoms with van der Waals surface area (Å²) in [4.78, 5) is 24.7. The number of hydrogen-bond acceptors (Lipinski definition) is 7. The Morgan fingerprint density at radius 2 is 2.11 bits per heavy atom. The van der Waals surface area contributed by atoms with Crippen LogP contribution in [-0.4, -0.2) is 43.3 Å². The summed E-state index contributed by atoms with van der Waals surface area (Å²) in [6.45, 7) is 0.422. The van der Waals surface area contributed by atoms with Crippen molar-refractivity contribution in [2.75, 3.05) is 11.9 Å². The lowest BCUT2D eigenvalue weighted by Crippen LogP contribution is -2.19. The fourth-order valence-corrected chi connectivity index (χ4v) is 3.26. The molecule has 1 aromatic carbocycles. The monoisotopic (exact) mass is 408 g/mol. The predicted molar refractivity (Wildman–Crippen MR) is 94.6 cm³/mol. The number of anilines is 1. The molecule has 28 heavy (non-hydrogen) atoms. The van der Waals surface area contributed by atoms with Crippen LogP contribution in [0.25, 0.3) is 16.0 Å². The van der Waals surface area contributed by atoms with Crippen LogP contribution in [0.15, 0.2) is 30.5 Å². The van der Waals surface area contributed by atoms with E-state index >= 15 is 0 Å². The highest BCUT2D eigenvalue weighted by molar-refractivity contribution is 7.22. The van der Waals surface area contributed by atoms with E-state index in [-0.39, 0.29) is 16.7 Å². The molecule has 3 heterocycles. The maximum atomic E-state index is 12.4. The topological polar surface area (TPSA) is 94.3 Å². The van der Waals surface area contributed by atoms with E-state index in [9.17, 15) is 18.0 Å². The molecule has 4 rings (SSSR count). The number of rotatable bonds is 4. The summed E-state index contributed by atoms with van der Waals surface area (Å²) in [6, 6.07) is 6.07. The van der Waals surface area contributed by atoms with E-state index in [1.54, 1.807) is 19.2 Å². The molecule has 0 atom stereocenters. The molecule has 8 nitrogen and oxygen atoms in total. The van der Waals surface area contributed by atoms with Crippen molar-refractivity contribution in [3.8, 4) is 5.75 Å². The Kier molecular flexibility index (Phi) is 4.34. The molecule has 0 radical (unpaired) electrons. The number of alkyl halides is 3. The van der Waals surface area contributed by atoms with Crippen molar-refractivity contribution < 1.29 is 22.7 Å². The number of ether oxygens (including phenoxy) is 1. The van der Waals surface area contributed by atoms with Gasteiger partial charge < -0.3 is 4.74 Å². The average Bonchev–Trinajstić information content (AvgIpc) is 3.23. The van der Waals surface area contributed by atoms with Gasteiger partial charge in [0, 0.05) is 11.9 Å². The molecule has 0 saturated heterocycles. The lowest BCUT2D eigenvalue weighted by atomic mass is 10.3. The molecule has 0 saturated carbocycles. The summed E-state index contributed by atoms with van der Waals surface area (Å²) >= 11 is 1.10. The second-order valence-corrected chi connectivity index (χ2v) is 6.77. The minimum absolute atomic E-state index is 0.0647. The number of benzene rings is 1. The van der Waals surface area contributed by atoms with E-state index in [1.165, 1.54) is 22.7 Å². The van der Waals surface area contributed by atoms with Crippen molar-refractivity contribution in [3.05, 3.63) is 42.0 Å². The van der Waals surface area contributed by atoms with Gasteiger partial charge in [-0.05, 0) is 31.2 Å². The standard InChI is InChI=1S/C16H11F3N6O2S/c1-8-4-5-20-14-22-12(24-25(8)14)13(26)23-15-21-10-3-2-9(6-11(10)28-15)27-7-16(17,18)19/h2-6H,7H2,1H3,(H,21,23,26). The van der Waals surface area contributed by atoms with Gasteiger partial charge in [-0.3, -0.25) is 10.1 Å². The molecule has 1 N–H and O–H groups in total. The van der Waals surface area contributed by atoms with Crippen LogP contribution >= 0.6 is 11.3 Å². The van der Waals surface area contributed by atoms with Crippen LogP contribution in [0, 0.1) is 6.92 Å². The number of aryl methyl sites for hydroxylation is 1. The predicted octanol–water partition coefficient (Wildman–Crippen LogP) is 3.24. The Morgan fingerprint density at radius 3 is 2.86 bits per heavy atom. The van der Waals surface area contributed by atoms with Crippen molar-refractivity contribution in [1.82, 2.24) is 24.6 Å². The Hall–Kier alpha value is -3.28. The Balaban J connectivity index is 1.53. The summed E-state index contributed by atoms with van der Waals surface area (Å²) < 4.78 is 43.5. The maximum absolute atomic E-state index is 12.4. The number of amides is 1. The fraction of sp³-hybridized carbons (Fsp3) is 0.188. The molecule has 0 aliphatic heterocycles. The highest BCUT2D eigenvalue weighted by Crippen LogP contribution is 2.30. The summed E-state index contributed by atoms with van der Waals surface area (Å²) in [6.07, 6.45) is -2.86. The molecule has 0 bridgehead atoms. The number of fused-ring (bicyclic) bond motifs is 2. The lowest BCUT2D eigenvalue weighted by molar-refractivity contribution is -0.153. The first-order valence-electron chi connectivity index (χ1n) is 7.88. The zero-order valence-electron chi connectivity index (χ0n) is 14.2. The van der Waals surface area contributed by atoms with Gasteiger partial charge >= 0.3 is 6.18 Å². The Bertz CT molecular complexity index is 1190. The van der Waals surface area contributed by atoms with Crippen LogP contribution in [0.1, 0.15) is 16.3 Å². The third-order valence-corrected chi connectivity index (χ3v) is 4.55. The quantitative estimate of drug-likeness (QED) is 0.557. The van der Waals surface area contributed by atoms with Crippen LogP contribution < -0.4 is 10.1 Å². The number of aromatic nitrogens is 5. The highest BCUT2D eigenvalue weighted by Gasteiger charge is 2.28. The number of nitrogens with zero attached hydrogens (tertiary/aromatic N) is 5.